The van der Waals surface area contributed by atoms with Crippen molar-refractivity contribution < 1.29 is 28.3 Å². The zero-order valence-corrected chi connectivity index (χ0v) is 19.7. The van der Waals surface area contributed by atoms with Gasteiger partial charge in [-0.25, -0.2) is 4.79 Å². The SMILES string of the molecule is COc1cc(C(=O)OC(C)C(=O)c2c(C)[nH]c3ccccc23)ccc1OCc1c(C)noc1C. The molecule has 0 bridgehead atoms. The average Bonchev–Trinajstić information content (AvgIpc) is 3.34. The molecule has 0 fully saturated rings. The van der Waals surface area contributed by atoms with E-state index in [2.05, 4.69) is 10.1 Å². The number of H-pyrrole nitrogens is 1. The van der Waals surface area contributed by atoms with Crippen LogP contribution < -0.4 is 9.47 Å². The summed E-state index contributed by atoms with van der Waals surface area (Å²) in [7, 11) is 1.49. The van der Waals surface area contributed by atoms with Gasteiger partial charge in [-0.2, -0.15) is 0 Å². The fourth-order valence-electron chi connectivity index (χ4n) is 3.85. The van der Waals surface area contributed by atoms with Crippen molar-refractivity contribution in [2.75, 3.05) is 7.11 Å². The van der Waals surface area contributed by atoms with Crippen LogP contribution in [0.2, 0.25) is 0 Å². The molecule has 0 amide bonds. The second-order valence-corrected chi connectivity index (χ2v) is 8.04. The molecule has 0 aliphatic heterocycles. The predicted octanol–water partition coefficient (Wildman–Crippen LogP) is 5.10. The van der Waals surface area contributed by atoms with E-state index in [1.54, 1.807) is 19.1 Å². The van der Waals surface area contributed by atoms with E-state index >= 15 is 0 Å². The van der Waals surface area contributed by atoms with Crippen molar-refractivity contribution in [1.29, 1.82) is 0 Å². The summed E-state index contributed by atoms with van der Waals surface area (Å²) in [6, 6.07) is 12.3. The lowest BCUT2D eigenvalue weighted by Gasteiger charge is -2.15. The number of ketones is 1. The zero-order chi connectivity index (χ0) is 24.4. The number of rotatable bonds is 8. The second kappa shape index (κ2) is 9.43. The quantitative estimate of drug-likeness (QED) is 0.287. The topological polar surface area (TPSA) is 104 Å². The maximum atomic E-state index is 13.1. The zero-order valence-electron chi connectivity index (χ0n) is 19.7. The number of fused-ring (bicyclic) bond motifs is 1. The highest BCUT2D eigenvalue weighted by molar-refractivity contribution is 6.11. The van der Waals surface area contributed by atoms with Gasteiger partial charge < -0.3 is 23.7 Å². The van der Waals surface area contributed by atoms with Crippen LogP contribution in [0.3, 0.4) is 0 Å². The molecule has 0 saturated heterocycles. The first kappa shape index (κ1) is 23.1. The van der Waals surface area contributed by atoms with Crippen LogP contribution in [0.25, 0.3) is 10.9 Å². The van der Waals surface area contributed by atoms with Gasteiger partial charge in [0.25, 0.3) is 0 Å². The largest absolute Gasteiger partial charge is 0.493 e. The number of benzene rings is 2. The molecule has 0 radical (unpaired) electrons. The normalized spacial score (nSPS) is 11.9. The number of nitrogens with one attached hydrogen (secondary N) is 1. The van der Waals surface area contributed by atoms with Gasteiger partial charge in [0.2, 0.25) is 5.78 Å². The van der Waals surface area contributed by atoms with Crippen molar-refractivity contribution in [2.45, 2.75) is 40.4 Å². The molecule has 4 rings (SSSR count). The number of methoxy groups -OCH3 is 1. The summed E-state index contributed by atoms with van der Waals surface area (Å²) >= 11 is 0. The Morgan fingerprint density at radius 1 is 1.09 bits per heavy atom. The number of esters is 1. The lowest BCUT2D eigenvalue weighted by atomic mass is 10.0. The van der Waals surface area contributed by atoms with E-state index in [-0.39, 0.29) is 18.0 Å². The molecular formula is C26H26N2O6. The van der Waals surface area contributed by atoms with Gasteiger partial charge in [-0.1, -0.05) is 23.4 Å². The Bertz CT molecular complexity index is 1350. The minimum absolute atomic E-state index is 0.247. The highest BCUT2D eigenvalue weighted by Gasteiger charge is 2.25. The number of nitrogens with zero attached hydrogens (tertiary/aromatic N) is 1. The molecule has 8 nitrogen and oxygen atoms in total. The summed E-state index contributed by atoms with van der Waals surface area (Å²) in [5.74, 6) is 0.606. The molecular weight excluding hydrogens is 436 g/mol. The second-order valence-electron chi connectivity index (χ2n) is 8.04. The Balaban J connectivity index is 1.48. The molecule has 2 aromatic carbocycles. The molecule has 34 heavy (non-hydrogen) atoms. The number of carbonyl (C=O) groups excluding carboxylic acids is 2. The van der Waals surface area contributed by atoms with Crippen LogP contribution in [0.1, 0.15) is 50.4 Å². The van der Waals surface area contributed by atoms with E-state index in [1.807, 2.05) is 45.0 Å². The van der Waals surface area contributed by atoms with Gasteiger partial charge >= 0.3 is 5.97 Å². The van der Waals surface area contributed by atoms with Crippen molar-refractivity contribution in [1.82, 2.24) is 10.1 Å². The first-order valence-corrected chi connectivity index (χ1v) is 10.8. The lowest BCUT2D eigenvalue weighted by Crippen LogP contribution is -2.25. The molecule has 1 N–H and O–H groups in total. The van der Waals surface area contributed by atoms with Gasteiger partial charge in [-0.3, -0.25) is 4.79 Å². The van der Waals surface area contributed by atoms with E-state index in [0.717, 1.165) is 27.9 Å². The van der Waals surface area contributed by atoms with Crippen molar-refractivity contribution in [3.8, 4) is 11.5 Å². The Kier molecular flexibility index (Phi) is 6.40. The number of carbonyl (C=O) groups is 2. The third-order valence-electron chi connectivity index (χ3n) is 5.75. The van der Waals surface area contributed by atoms with Gasteiger partial charge in [0.15, 0.2) is 17.6 Å². The third-order valence-corrected chi connectivity index (χ3v) is 5.75. The van der Waals surface area contributed by atoms with E-state index < -0.39 is 12.1 Å². The number of Topliss-reactive ketones (excluding diaryl/α,β-unsaturated/α-hetero) is 1. The van der Waals surface area contributed by atoms with Crippen molar-refractivity contribution in [2.24, 2.45) is 0 Å². The molecule has 0 aliphatic carbocycles. The van der Waals surface area contributed by atoms with Crippen LogP contribution >= 0.6 is 0 Å². The van der Waals surface area contributed by atoms with Crippen LogP contribution in [-0.2, 0) is 11.3 Å². The van der Waals surface area contributed by atoms with Crippen LogP contribution in [0.15, 0.2) is 47.0 Å². The summed E-state index contributed by atoms with van der Waals surface area (Å²) in [4.78, 5) is 29.1. The summed E-state index contributed by atoms with van der Waals surface area (Å²) in [5, 5.41) is 4.71. The molecule has 0 aliphatic rings. The molecule has 0 saturated carbocycles. The van der Waals surface area contributed by atoms with Gasteiger partial charge in [-0.15, -0.1) is 0 Å². The first-order valence-electron chi connectivity index (χ1n) is 10.8. The van der Waals surface area contributed by atoms with Gasteiger partial charge in [0.05, 0.1) is 23.9 Å². The van der Waals surface area contributed by atoms with E-state index in [4.69, 9.17) is 18.7 Å². The third kappa shape index (κ3) is 4.39. The summed E-state index contributed by atoms with van der Waals surface area (Å²) in [5.41, 5.74) is 3.97. The molecule has 8 heteroatoms. The van der Waals surface area contributed by atoms with Crippen molar-refractivity contribution in [3.05, 3.63) is 76.3 Å². The van der Waals surface area contributed by atoms with Gasteiger partial charge in [0, 0.05) is 22.2 Å². The molecule has 1 unspecified atom stereocenters. The fourth-order valence-corrected chi connectivity index (χ4v) is 3.85. The Hall–Kier alpha value is -4.07. The van der Waals surface area contributed by atoms with Gasteiger partial charge in [0.1, 0.15) is 12.4 Å². The van der Waals surface area contributed by atoms with Crippen molar-refractivity contribution >= 4 is 22.7 Å². The molecule has 4 aromatic rings. The maximum absolute atomic E-state index is 13.1. The van der Waals surface area contributed by atoms with Crippen LogP contribution in [0.5, 0.6) is 11.5 Å². The maximum Gasteiger partial charge on any atom is 0.338 e. The van der Waals surface area contributed by atoms with E-state index in [1.165, 1.54) is 13.2 Å². The van der Waals surface area contributed by atoms with E-state index in [0.29, 0.717) is 22.8 Å². The number of aromatic amines is 1. The van der Waals surface area contributed by atoms with Crippen molar-refractivity contribution in [3.63, 3.8) is 0 Å². The number of hydrogen-bond donors (Lipinski definition) is 1. The number of hydrogen-bond acceptors (Lipinski definition) is 7. The predicted molar refractivity (Wildman–Crippen MR) is 126 cm³/mol. The number of ether oxygens (including phenoxy) is 3. The standard InChI is InChI=1S/C26H26N2O6/c1-14-20(16(3)34-28-14)13-32-22-11-10-18(12-23(22)31-5)26(30)33-17(4)25(29)24-15(2)27-21-9-7-6-8-19(21)24/h6-12,17,27H,13H2,1-5H3. The monoisotopic (exact) mass is 462 g/mol. The number of aromatic nitrogens is 2. The first-order chi connectivity index (χ1) is 16.3. The fraction of sp³-hybridized carbons (Fsp3) is 0.269. The minimum atomic E-state index is -0.966. The molecule has 2 aromatic heterocycles. The minimum Gasteiger partial charge on any atom is -0.493 e. The summed E-state index contributed by atoms with van der Waals surface area (Å²) < 4.78 is 21.9. The molecule has 2 heterocycles. The Morgan fingerprint density at radius 2 is 1.85 bits per heavy atom. The smallest absolute Gasteiger partial charge is 0.338 e. The summed E-state index contributed by atoms with van der Waals surface area (Å²) in [6.07, 6.45) is -0.966. The highest BCUT2D eigenvalue weighted by atomic mass is 16.5. The Labute approximate surface area is 196 Å². The van der Waals surface area contributed by atoms with E-state index in [9.17, 15) is 9.59 Å². The lowest BCUT2D eigenvalue weighted by molar-refractivity contribution is 0.0318. The average molecular weight is 463 g/mol. The molecule has 176 valence electrons. The summed E-state index contributed by atoms with van der Waals surface area (Å²) in [6.45, 7) is 7.30. The Morgan fingerprint density at radius 3 is 2.56 bits per heavy atom. The number of para-hydroxylation sites is 1. The highest BCUT2D eigenvalue weighted by Crippen LogP contribution is 2.30. The van der Waals surface area contributed by atoms with Crippen LogP contribution in [-0.4, -0.2) is 35.1 Å². The van der Waals surface area contributed by atoms with Crippen LogP contribution in [0.4, 0.5) is 0 Å². The van der Waals surface area contributed by atoms with Crippen LogP contribution in [0, 0.1) is 20.8 Å². The number of aryl methyl sites for hydroxylation is 3. The van der Waals surface area contributed by atoms with Gasteiger partial charge in [-0.05, 0) is 52.0 Å². The molecule has 0 spiro atoms. The molecule has 1 atom stereocenters.